The number of hydrogen-bond acceptors (Lipinski definition) is 3. The maximum absolute atomic E-state index is 5.76. The zero-order valence-electron chi connectivity index (χ0n) is 8.99. The van der Waals surface area contributed by atoms with Crippen molar-refractivity contribution in [2.75, 3.05) is 26.7 Å². The van der Waals surface area contributed by atoms with Gasteiger partial charge in [-0.3, -0.25) is 4.90 Å². The first kappa shape index (κ1) is 11.0. The van der Waals surface area contributed by atoms with E-state index in [0.717, 1.165) is 13.1 Å². The summed E-state index contributed by atoms with van der Waals surface area (Å²) in [5.74, 6) is 0.689. The molecule has 1 rings (SSSR count). The average molecular weight is 186 g/mol. The molecular formula is C10H22N2O. The van der Waals surface area contributed by atoms with Crippen molar-refractivity contribution in [3.8, 4) is 0 Å². The molecule has 3 atom stereocenters. The predicted molar refractivity (Wildman–Crippen MR) is 54.7 cm³/mol. The molecular weight excluding hydrogens is 164 g/mol. The summed E-state index contributed by atoms with van der Waals surface area (Å²) in [5, 5.41) is 0. The van der Waals surface area contributed by atoms with Crippen molar-refractivity contribution in [3.05, 3.63) is 0 Å². The van der Waals surface area contributed by atoms with E-state index < -0.39 is 0 Å². The van der Waals surface area contributed by atoms with Crippen LogP contribution in [0.2, 0.25) is 0 Å². The fourth-order valence-electron chi connectivity index (χ4n) is 1.98. The first-order chi connectivity index (χ1) is 6.13. The van der Waals surface area contributed by atoms with Gasteiger partial charge in [0, 0.05) is 26.2 Å². The molecule has 0 amide bonds. The van der Waals surface area contributed by atoms with Crippen molar-refractivity contribution in [3.63, 3.8) is 0 Å². The molecule has 13 heavy (non-hydrogen) atoms. The summed E-state index contributed by atoms with van der Waals surface area (Å²) in [7, 11) is 1.80. The van der Waals surface area contributed by atoms with E-state index in [-0.39, 0.29) is 6.04 Å². The highest BCUT2D eigenvalue weighted by Gasteiger charge is 2.25. The van der Waals surface area contributed by atoms with Gasteiger partial charge in [-0.15, -0.1) is 0 Å². The summed E-state index contributed by atoms with van der Waals surface area (Å²) in [5.41, 5.74) is 5.76. The van der Waals surface area contributed by atoms with E-state index in [4.69, 9.17) is 10.5 Å². The number of hydrogen-bond donors (Lipinski definition) is 1. The van der Waals surface area contributed by atoms with Gasteiger partial charge < -0.3 is 10.5 Å². The lowest BCUT2D eigenvalue weighted by molar-refractivity contribution is -0.00592. The normalized spacial score (nSPS) is 33.2. The predicted octanol–water partition coefficient (Wildman–Crippen LogP) is 0.690. The minimum atomic E-state index is 0.269. The second kappa shape index (κ2) is 4.94. The minimum Gasteiger partial charge on any atom is -0.380 e. The second-order valence-corrected chi connectivity index (χ2v) is 4.28. The number of rotatable bonds is 3. The van der Waals surface area contributed by atoms with Crippen LogP contribution >= 0.6 is 0 Å². The summed E-state index contributed by atoms with van der Waals surface area (Å²) < 4.78 is 5.43. The number of nitrogens with zero attached hydrogens (tertiary/aromatic N) is 1. The molecule has 3 nitrogen and oxygen atoms in total. The topological polar surface area (TPSA) is 38.5 Å². The third-order valence-electron chi connectivity index (χ3n) is 2.82. The molecule has 0 radical (unpaired) electrons. The van der Waals surface area contributed by atoms with Crippen LogP contribution in [0.5, 0.6) is 0 Å². The lowest BCUT2D eigenvalue weighted by atomic mass is 9.95. The standard InChI is InChI=1S/C10H22N2O/c1-8-4-5-12(6-9(2)11)7-10(8)13-3/h8-10H,4-7,11H2,1-3H3. The zero-order chi connectivity index (χ0) is 9.84. The van der Waals surface area contributed by atoms with Crippen LogP contribution < -0.4 is 5.73 Å². The molecule has 1 saturated heterocycles. The Morgan fingerprint density at radius 1 is 1.62 bits per heavy atom. The van der Waals surface area contributed by atoms with Crippen LogP contribution in [0.3, 0.4) is 0 Å². The number of piperidine rings is 1. The maximum atomic E-state index is 5.76. The van der Waals surface area contributed by atoms with E-state index in [1.165, 1.54) is 13.0 Å². The van der Waals surface area contributed by atoms with Crippen molar-refractivity contribution in [1.29, 1.82) is 0 Å². The molecule has 0 aromatic carbocycles. The summed E-state index contributed by atoms with van der Waals surface area (Å²) >= 11 is 0. The van der Waals surface area contributed by atoms with Gasteiger partial charge in [0.15, 0.2) is 0 Å². The Bertz CT molecular complexity index is 150. The lowest BCUT2D eigenvalue weighted by Gasteiger charge is -2.36. The highest BCUT2D eigenvalue weighted by atomic mass is 16.5. The van der Waals surface area contributed by atoms with E-state index in [1.54, 1.807) is 7.11 Å². The molecule has 0 aromatic heterocycles. The molecule has 0 bridgehead atoms. The number of nitrogens with two attached hydrogens (primary N) is 1. The molecule has 2 N–H and O–H groups in total. The Hall–Kier alpha value is -0.120. The lowest BCUT2D eigenvalue weighted by Crippen LogP contribution is -2.47. The van der Waals surface area contributed by atoms with Crippen LogP contribution in [-0.4, -0.2) is 43.8 Å². The average Bonchev–Trinajstić information content (AvgIpc) is 2.07. The first-order valence-corrected chi connectivity index (χ1v) is 5.14. The number of ether oxygens (including phenoxy) is 1. The molecule has 0 saturated carbocycles. The van der Waals surface area contributed by atoms with E-state index in [9.17, 15) is 0 Å². The number of likely N-dealkylation sites (tertiary alicyclic amines) is 1. The van der Waals surface area contributed by atoms with Gasteiger partial charge in [0.05, 0.1) is 6.10 Å². The largest absolute Gasteiger partial charge is 0.380 e. The van der Waals surface area contributed by atoms with Crippen molar-refractivity contribution in [2.45, 2.75) is 32.4 Å². The van der Waals surface area contributed by atoms with E-state index in [2.05, 4.69) is 18.7 Å². The van der Waals surface area contributed by atoms with Gasteiger partial charge in [-0.1, -0.05) is 6.92 Å². The first-order valence-electron chi connectivity index (χ1n) is 5.14. The van der Waals surface area contributed by atoms with Gasteiger partial charge >= 0.3 is 0 Å². The molecule has 78 valence electrons. The molecule has 1 fully saturated rings. The number of methoxy groups -OCH3 is 1. The van der Waals surface area contributed by atoms with Gasteiger partial charge in [-0.25, -0.2) is 0 Å². The molecule has 1 aliphatic heterocycles. The van der Waals surface area contributed by atoms with Crippen LogP contribution in [0.15, 0.2) is 0 Å². The van der Waals surface area contributed by atoms with Gasteiger partial charge in [-0.05, 0) is 25.8 Å². The van der Waals surface area contributed by atoms with Gasteiger partial charge in [0.25, 0.3) is 0 Å². The molecule has 1 heterocycles. The quantitative estimate of drug-likeness (QED) is 0.705. The Labute approximate surface area is 81.2 Å². The Kier molecular flexibility index (Phi) is 4.16. The van der Waals surface area contributed by atoms with Crippen LogP contribution in [0, 0.1) is 5.92 Å². The summed E-state index contributed by atoms with van der Waals surface area (Å²) in [6.45, 7) is 7.52. The highest BCUT2D eigenvalue weighted by Crippen LogP contribution is 2.19. The van der Waals surface area contributed by atoms with Crippen LogP contribution in [-0.2, 0) is 4.74 Å². The Morgan fingerprint density at radius 2 is 2.31 bits per heavy atom. The van der Waals surface area contributed by atoms with Crippen molar-refractivity contribution in [2.24, 2.45) is 11.7 Å². The van der Waals surface area contributed by atoms with Crippen LogP contribution in [0.25, 0.3) is 0 Å². The van der Waals surface area contributed by atoms with E-state index in [0.29, 0.717) is 12.0 Å². The second-order valence-electron chi connectivity index (χ2n) is 4.28. The Balaban J connectivity index is 2.36. The molecule has 1 aliphatic rings. The monoisotopic (exact) mass is 186 g/mol. The molecule has 0 spiro atoms. The fraction of sp³-hybridized carbons (Fsp3) is 1.00. The van der Waals surface area contributed by atoms with Crippen molar-refractivity contribution >= 4 is 0 Å². The highest BCUT2D eigenvalue weighted by molar-refractivity contribution is 4.79. The third kappa shape index (κ3) is 3.25. The SMILES string of the molecule is COC1CN(CC(C)N)CCC1C. The zero-order valence-corrected chi connectivity index (χ0v) is 8.99. The van der Waals surface area contributed by atoms with Crippen LogP contribution in [0.4, 0.5) is 0 Å². The van der Waals surface area contributed by atoms with Gasteiger partial charge in [0.1, 0.15) is 0 Å². The molecule has 0 aromatic rings. The molecule has 0 aliphatic carbocycles. The minimum absolute atomic E-state index is 0.269. The molecule has 3 heteroatoms. The third-order valence-corrected chi connectivity index (χ3v) is 2.82. The molecule has 3 unspecified atom stereocenters. The summed E-state index contributed by atoms with van der Waals surface area (Å²) in [4.78, 5) is 2.40. The summed E-state index contributed by atoms with van der Waals surface area (Å²) in [6.07, 6.45) is 1.62. The van der Waals surface area contributed by atoms with Gasteiger partial charge in [-0.2, -0.15) is 0 Å². The van der Waals surface area contributed by atoms with Crippen LogP contribution in [0.1, 0.15) is 20.3 Å². The maximum Gasteiger partial charge on any atom is 0.0724 e. The van der Waals surface area contributed by atoms with E-state index in [1.807, 2.05) is 0 Å². The Morgan fingerprint density at radius 3 is 2.85 bits per heavy atom. The fourth-order valence-corrected chi connectivity index (χ4v) is 1.98. The van der Waals surface area contributed by atoms with Crippen molar-refractivity contribution in [1.82, 2.24) is 4.90 Å². The van der Waals surface area contributed by atoms with Crippen molar-refractivity contribution < 1.29 is 4.74 Å². The summed E-state index contributed by atoms with van der Waals surface area (Å²) in [6, 6.07) is 0.269. The smallest absolute Gasteiger partial charge is 0.0724 e. The van der Waals surface area contributed by atoms with E-state index >= 15 is 0 Å². The van der Waals surface area contributed by atoms with Gasteiger partial charge in [0.2, 0.25) is 0 Å².